The number of likely N-dealkylation sites (N-methyl/N-ethyl adjacent to an activating group) is 1. The molecule has 1 aromatic carbocycles. The molecule has 0 aromatic heterocycles. The molecule has 0 radical (unpaired) electrons. The largest absolute Gasteiger partial charge is 0.497 e. The first kappa shape index (κ1) is 16.3. The topological polar surface area (TPSA) is 38.5 Å². The molecule has 21 heavy (non-hydrogen) atoms. The van der Waals surface area contributed by atoms with Gasteiger partial charge in [0.1, 0.15) is 5.75 Å². The van der Waals surface area contributed by atoms with Crippen LogP contribution in [0.4, 0.5) is 0 Å². The van der Waals surface area contributed by atoms with Gasteiger partial charge >= 0.3 is 0 Å². The lowest BCUT2D eigenvalue weighted by Gasteiger charge is -2.39. The van der Waals surface area contributed by atoms with Gasteiger partial charge in [-0.25, -0.2) is 0 Å². The highest BCUT2D eigenvalue weighted by Gasteiger charge is 2.30. The van der Waals surface area contributed by atoms with E-state index in [1.165, 1.54) is 31.2 Å². The molecule has 3 unspecified atom stereocenters. The first-order chi connectivity index (χ1) is 10.1. The Bertz CT molecular complexity index is 435. The van der Waals surface area contributed by atoms with Crippen LogP contribution >= 0.6 is 0 Å². The molecular weight excluding hydrogens is 260 g/mol. The van der Waals surface area contributed by atoms with Crippen LogP contribution in [0.25, 0.3) is 0 Å². The van der Waals surface area contributed by atoms with Crippen LogP contribution in [0.3, 0.4) is 0 Å². The quantitative estimate of drug-likeness (QED) is 0.872. The van der Waals surface area contributed by atoms with Gasteiger partial charge < -0.3 is 10.5 Å². The van der Waals surface area contributed by atoms with Crippen molar-refractivity contribution in [3.05, 3.63) is 29.8 Å². The summed E-state index contributed by atoms with van der Waals surface area (Å²) in [7, 11) is 3.92. The summed E-state index contributed by atoms with van der Waals surface area (Å²) in [5, 5.41) is 0. The lowest BCUT2D eigenvalue weighted by molar-refractivity contribution is 0.127. The molecule has 0 bridgehead atoms. The van der Waals surface area contributed by atoms with Gasteiger partial charge in [0.2, 0.25) is 0 Å². The van der Waals surface area contributed by atoms with Crippen LogP contribution in [0.5, 0.6) is 5.75 Å². The van der Waals surface area contributed by atoms with Gasteiger partial charge in [0.15, 0.2) is 0 Å². The van der Waals surface area contributed by atoms with Crippen molar-refractivity contribution >= 4 is 0 Å². The predicted molar refractivity (Wildman–Crippen MR) is 88.5 cm³/mol. The minimum atomic E-state index is 0.314. The van der Waals surface area contributed by atoms with Gasteiger partial charge in [-0.15, -0.1) is 0 Å². The van der Waals surface area contributed by atoms with E-state index in [9.17, 15) is 0 Å². The maximum absolute atomic E-state index is 6.38. The normalized spacial score (nSPS) is 26.0. The monoisotopic (exact) mass is 290 g/mol. The Labute approximate surface area is 129 Å². The number of ether oxygens (including phenoxy) is 1. The molecule has 0 amide bonds. The van der Waals surface area contributed by atoms with Gasteiger partial charge in [0.05, 0.1) is 7.11 Å². The third-order valence-corrected chi connectivity index (χ3v) is 4.81. The zero-order valence-electron chi connectivity index (χ0n) is 13.7. The lowest BCUT2D eigenvalue weighted by Crippen LogP contribution is -2.49. The van der Waals surface area contributed by atoms with Crippen LogP contribution < -0.4 is 10.5 Å². The fraction of sp³-hybridized carbons (Fsp3) is 0.667. The van der Waals surface area contributed by atoms with Gasteiger partial charge in [0, 0.05) is 18.6 Å². The molecule has 1 aromatic rings. The highest BCUT2D eigenvalue weighted by Crippen LogP contribution is 2.30. The summed E-state index contributed by atoms with van der Waals surface area (Å²) in [6.07, 6.45) is 6.34. The molecule has 1 aliphatic rings. The molecule has 3 nitrogen and oxygen atoms in total. The van der Waals surface area contributed by atoms with E-state index in [0.717, 1.165) is 24.6 Å². The Kier molecular flexibility index (Phi) is 6.07. The second-order valence-corrected chi connectivity index (χ2v) is 6.47. The summed E-state index contributed by atoms with van der Waals surface area (Å²) in [4.78, 5) is 2.43. The number of benzene rings is 1. The summed E-state index contributed by atoms with van der Waals surface area (Å²) in [6.45, 7) is 3.22. The zero-order valence-corrected chi connectivity index (χ0v) is 13.7. The summed E-state index contributed by atoms with van der Waals surface area (Å²) >= 11 is 0. The number of methoxy groups -OCH3 is 1. The number of nitrogens with zero attached hydrogens (tertiary/aromatic N) is 1. The molecular formula is C18H30N2O. The van der Waals surface area contributed by atoms with E-state index in [4.69, 9.17) is 10.5 Å². The number of rotatable bonds is 6. The first-order valence-electron chi connectivity index (χ1n) is 8.22. The molecule has 0 heterocycles. The van der Waals surface area contributed by atoms with Crippen LogP contribution in [-0.2, 0) is 6.54 Å². The van der Waals surface area contributed by atoms with Crippen LogP contribution in [0.1, 0.15) is 44.6 Å². The summed E-state index contributed by atoms with van der Waals surface area (Å²) in [6, 6.07) is 9.15. The van der Waals surface area contributed by atoms with Crippen molar-refractivity contribution in [1.29, 1.82) is 0 Å². The third kappa shape index (κ3) is 4.45. The molecule has 3 atom stereocenters. The highest BCUT2D eigenvalue weighted by atomic mass is 16.5. The van der Waals surface area contributed by atoms with Crippen molar-refractivity contribution in [3.8, 4) is 5.75 Å². The zero-order chi connectivity index (χ0) is 15.2. The van der Waals surface area contributed by atoms with Gasteiger partial charge in [-0.2, -0.15) is 0 Å². The Balaban J connectivity index is 1.98. The molecule has 0 aliphatic heterocycles. The average molecular weight is 290 g/mol. The SMILES string of the molecule is CCCC1CCC(N)C(N(C)Cc2cccc(OC)c2)C1. The molecule has 3 heteroatoms. The second kappa shape index (κ2) is 7.81. The molecule has 1 fully saturated rings. The van der Waals surface area contributed by atoms with E-state index in [0.29, 0.717) is 12.1 Å². The predicted octanol–water partition coefficient (Wildman–Crippen LogP) is 3.42. The van der Waals surface area contributed by atoms with Crippen LogP contribution in [-0.4, -0.2) is 31.1 Å². The van der Waals surface area contributed by atoms with Crippen LogP contribution in [0.2, 0.25) is 0 Å². The van der Waals surface area contributed by atoms with E-state index in [1.54, 1.807) is 7.11 Å². The minimum Gasteiger partial charge on any atom is -0.497 e. The van der Waals surface area contributed by atoms with Gasteiger partial charge in [-0.05, 0) is 49.9 Å². The molecule has 118 valence electrons. The van der Waals surface area contributed by atoms with Crippen molar-refractivity contribution in [2.75, 3.05) is 14.2 Å². The minimum absolute atomic E-state index is 0.314. The number of hydrogen-bond acceptors (Lipinski definition) is 3. The van der Waals surface area contributed by atoms with Crippen LogP contribution in [0.15, 0.2) is 24.3 Å². The molecule has 2 rings (SSSR count). The Hall–Kier alpha value is -1.06. The van der Waals surface area contributed by atoms with E-state index in [-0.39, 0.29) is 0 Å². The number of nitrogens with two attached hydrogens (primary N) is 1. The van der Waals surface area contributed by atoms with Crippen molar-refractivity contribution in [1.82, 2.24) is 4.90 Å². The van der Waals surface area contributed by atoms with Gasteiger partial charge in [-0.1, -0.05) is 31.9 Å². The smallest absolute Gasteiger partial charge is 0.119 e. The standard InChI is InChI=1S/C18H30N2O/c1-4-6-14-9-10-17(19)18(12-14)20(2)13-15-7-5-8-16(11-15)21-3/h5,7-8,11,14,17-18H,4,6,9-10,12-13,19H2,1-3H3. The van der Waals surface area contributed by atoms with E-state index in [1.807, 2.05) is 6.07 Å². The lowest BCUT2D eigenvalue weighted by atomic mass is 9.80. The third-order valence-electron chi connectivity index (χ3n) is 4.81. The fourth-order valence-corrected chi connectivity index (χ4v) is 3.61. The summed E-state index contributed by atoms with van der Waals surface area (Å²) in [5.74, 6) is 1.78. The molecule has 1 aliphatic carbocycles. The summed E-state index contributed by atoms with van der Waals surface area (Å²) < 4.78 is 5.31. The fourth-order valence-electron chi connectivity index (χ4n) is 3.61. The molecule has 0 saturated heterocycles. The van der Waals surface area contributed by atoms with Crippen LogP contribution in [0, 0.1) is 5.92 Å². The van der Waals surface area contributed by atoms with Crippen molar-refractivity contribution in [2.24, 2.45) is 11.7 Å². The average Bonchev–Trinajstić information content (AvgIpc) is 2.49. The van der Waals surface area contributed by atoms with Crippen molar-refractivity contribution in [2.45, 2.75) is 57.7 Å². The second-order valence-electron chi connectivity index (χ2n) is 6.47. The Morgan fingerprint density at radius 1 is 1.33 bits per heavy atom. The van der Waals surface area contributed by atoms with Gasteiger partial charge in [-0.3, -0.25) is 4.90 Å². The Morgan fingerprint density at radius 2 is 2.14 bits per heavy atom. The Morgan fingerprint density at radius 3 is 2.86 bits per heavy atom. The number of hydrogen-bond donors (Lipinski definition) is 1. The van der Waals surface area contributed by atoms with E-state index < -0.39 is 0 Å². The molecule has 0 spiro atoms. The first-order valence-corrected chi connectivity index (χ1v) is 8.22. The van der Waals surface area contributed by atoms with E-state index in [2.05, 4.69) is 37.1 Å². The van der Waals surface area contributed by atoms with Gasteiger partial charge in [0.25, 0.3) is 0 Å². The summed E-state index contributed by atoms with van der Waals surface area (Å²) in [5.41, 5.74) is 7.67. The van der Waals surface area contributed by atoms with Crippen molar-refractivity contribution < 1.29 is 4.74 Å². The highest BCUT2D eigenvalue weighted by molar-refractivity contribution is 5.28. The maximum atomic E-state index is 6.38. The molecule has 1 saturated carbocycles. The molecule has 2 N–H and O–H groups in total. The van der Waals surface area contributed by atoms with Crippen molar-refractivity contribution in [3.63, 3.8) is 0 Å². The van der Waals surface area contributed by atoms with E-state index >= 15 is 0 Å². The maximum Gasteiger partial charge on any atom is 0.119 e.